The molecule has 3 heteroatoms. The smallest absolute Gasteiger partial charge is 0.168 e. The van der Waals surface area contributed by atoms with Crippen LogP contribution >= 0.6 is 0 Å². The van der Waals surface area contributed by atoms with Crippen molar-refractivity contribution < 1.29 is 9.53 Å². The number of aryl methyl sites for hydroxylation is 1. The average Bonchev–Trinajstić information content (AvgIpc) is 3.13. The first-order valence-electron chi connectivity index (χ1n) is 5.88. The molecule has 1 aliphatic rings. The summed E-state index contributed by atoms with van der Waals surface area (Å²) in [5, 5.41) is 0.953. The number of carbonyl (C=O) groups is 1. The van der Waals surface area contributed by atoms with Crippen LogP contribution in [0.4, 0.5) is 0 Å². The lowest BCUT2D eigenvalue weighted by molar-refractivity contribution is 0.0969. The Kier molecular flexibility index (Phi) is 2.21. The number of ketones is 1. The minimum absolute atomic E-state index is 0.241. The number of methoxy groups -OCH3 is 1. The molecule has 1 aliphatic carbocycles. The van der Waals surface area contributed by atoms with Crippen molar-refractivity contribution in [3.05, 3.63) is 30.0 Å². The molecule has 2 aromatic rings. The lowest BCUT2D eigenvalue weighted by Crippen LogP contribution is -2.00. The summed E-state index contributed by atoms with van der Waals surface area (Å²) in [7, 11) is 3.61. The van der Waals surface area contributed by atoms with Gasteiger partial charge in [-0.1, -0.05) is 6.07 Å². The SMILES string of the molecule is COc1cccc2c1c(C(=O)C1CC1)cn2C. The Morgan fingerprint density at radius 3 is 2.82 bits per heavy atom. The number of Topliss-reactive ketones (excluding diaryl/α,β-unsaturated/α-hetero) is 1. The van der Waals surface area contributed by atoms with Gasteiger partial charge in [0.25, 0.3) is 0 Å². The van der Waals surface area contributed by atoms with E-state index in [4.69, 9.17) is 4.74 Å². The van der Waals surface area contributed by atoms with Crippen LogP contribution in [0.1, 0.15) is 23.2 Å². The van der Waals surface area contributed by atoms with Gasteiger partial charge in [0, 0.05) is 24.7 Å². The van der Waals surface area contributed by atoms with Crippen LogP contribution in [0, 0.1) is 5.92 Å². The molecule has 1 heterocycles. The molecular formula is C14H15NO2. The van der Waals surface area contributed by atoms with Crippen LogP contribution in [0.25, 0.3) is 10.9 Å². The number of hydrogen-bond donors (Lipinski definition) is 0. The number of benzene rings is 1. The molecule has 3 nitrogen and oxygen atoms in total. The second-order valence-corrected chi connectivity index (χ2v) is 4.65. The number of ether oxygens (including phenoxy) is 1. The van der Waals surface area contributed by atoms with Crippen molar-refractivity contribution in [2.45, 2.75) is 12.8 Å². The highest BCUT2D eigenvalue weighted by atomic mass is 16.5. The van der Waals surface area contributed by atoms with Gasteiger partial charge in [0.2, 0.25) is 0 Å². The summed E-state index contributed by atoms with van der Waals surface area (Å²) in [6.45, 7) is 0. The van der Waals surface area contributed by atoms with Gasteiger partial charge in [-0.25, -0.2) is 0 Å². The monoisotopic (exact) mass is 229 g/mol. The molecule has 1 aromatic carbocycles. The van der Waals surface area contributed by atoms with Gasteiger partial charge in [0.15, 0.2) is 5.78 Å². The molecule has 0 radical (unpaired) electrons. The van der Waals surface area contributed by atoms with Gasteiger partial charge in [0.1, 0.15) is 5.75 Å². The van der Waals surface area contributed by atoms with Crippen LogP contribution < -0.4 is 4.74 Å². The van der Waals surface area contributed by atoms with Gasteiger partial charge >= 0.3 is 0 Å². The molecule has 1 saturated carbocycles. The number of carbonyl (C=O) groups excluding carboxylic acids is 1. The lowest BCUT2D eigenvalue weighted by Gasteiger charge is -2.04. The Hall–Kier alpha value is -1.77. The van der Waals surface area contributed by atoms with E-state index in [1.807, 2.05) is 36.0 Å². The van der Waals surface area contributed by atoms with Crippen LogP contribution in [0.15, 0.2) is 24.4 Å². The zero-order chi connectivity index (χ0) is 12.0. The van der Waals surface area contributed by atoms with Gasteiger partial charge in [-0.3, -0.25) is 4.79 Å². The molecule has 1 aromatic heterocycles. The van der Waals surface area contributed by atoms with E-state index in [9.17, 15) is 4.79 Å². The van der Waals surface area contributed by atoms with Crippen molar-refractivity contribution in [1.82, 2.24) is 4.57 Å². The molecule has 0 amide bonds. The van der Waals surface area contributed by atoms with Crippen LogP contribution in [0.5, 0.6) is 5.75 Å². The number of aromatic nitrogens is 1. The normalized spacial score (nSPS) is 15.2. The maximum Gasteiger partial charge on any atom is 0.168 e. The molecule has 88 valence electrons. The first kappa shape index (κ1) is 10.4. The summed E-state index contributed by atoms with van der Waals surface area (Å²) >= 11 is 0. The number of fused-ring (bicyclic) bond motifs is 1. The largest absolute Gasteiger partial charge is 0.496 e. The first-order valence-corrected chi connectivity index (χ1v) is 5.88. The standard InChI is InChI=1S/C14H15NO2/c1-15-8-10(14(16)9-6-7-9)13-11(15)4-3-5-12(13)17-2/h3-5,8-9H,6-7H2,1-2H3. The molecule has 0 bridgehead atoms. The Morgan fingerprint density at radius 2 is 2.18 bits per heavy atom. The topological polar surface area (TPSA) is 31.2 Å². The predicted octanol–water partition coefficient (Wildman–Crippen LogP) is 2.78. The van der Waals surface area contributed by atoms with Gasteiger partial charge in [-0.05, 0) is 25.0 Å². The van der Waals surface area contributed by atoms with Crippen LogP contribution in [0.2, 0.25) is 0 Å². The van der Waals surface area contributed by atoms with E-state index in [2.05, 4.69) is 0 Å². The molecule has 0 saturated heterocycles. The second kappa shape index (κ2) is 3.62. The number of hydrogen-bond acceptors (Lipinski definition) is 2. The Bertz CT molecular complexity index is 594. The van der Waals surface area contributed by atoms with Gasteiger partial charge in [-0.15, -0.1) is 0 Å². The van der Waals surface area contributed by atoms with E-state index >= 15 is 0 Å². The first-order chi connectivity index (χ1) is 8.22. The quantitative estimate of drug-likeness (QED) is 0.758. The zero-order valence-electron chi connectivity index (χ0n) is 10.1. The van der Waals surface area contributed by atoms with Crippen molar-refractivity contribution in [2.24, 2.45) is 13.0 Å². The highest BCUT2D eigenvalue weighted by Gasteiger charge is 2.32. The third kappa shape index (κ3) is 1.54. The second-order valence-electron chi connectivity index (χ2n) is 4.65. The molecule has 3 rings (SSSR count). The maximum absolute atomic E-state index is 12.2. The van der Waals surface area contributed by atoms with Crippen LogP contribution in [-0.4, -0.2) is 17.5 Å². The fourth-order valence-electron chi connectivity index (χ4n) is 2.33. The summed E-state index contributed by atoms with van der Waals surface area (Å²) < 4.78 is 7.36. The Labute approximate surface area is 100.0 Å². The third-order valence-electron chi connectivity index (χ3n) is 3.41. The molecule has 0 aliphatic heterocycles. The molecule has 1 fully saturated rings. The van der Waals surface area contributed by atoms with Gasteiger partial charge < -0.3 is 9.30 Å². The minimum Gasteiger partial charge on any atom is -0.496 e. The third-order valence-corrected chi connectivity index (χ3v) is 3.41. The van der Waals surface area contributed by atoms with Crippen LogP contribution in [0.3, 0.4) is 0 Å². The maximum atomic E-state index is 12.2. The van der Waals surface area contributed by atoms with E-state index in [-0.39, 0.29) is 11.7 Å². The molecule has 0 unspecified atom stereocenters. The fourth-order valence-corrected chi connectivity index (χ4v) is 2.33. The molecular weight excluding hydrogens is 214 g/mol. The molecule has 0 spiro atoms. The van der Waals surface area contributed by atoms with Crippen molar-refractivity contribution in [3.63, 3.8) is 0 Å². The summed E-state index contributed by atoms with van der Waals surface area (Å²) in [5.41, 5.74) is 1.86. The van der Waals surface area contributed by atoms with E-state index in [1.54, 1.807) is 7.11 Å². The lowest BCUT2D eigenvalue weighted by atomic mass is 10.1. The molecule has 0 atom stereocenters. The highest BCUT2D eigenvalue weighted by molar-refractivity contribution is 6.11. The Morgan fingerprint density at radius 1 is 1.41 bits per heavy atom. The van der Waals surface area contributed by atoms with Crippen molar-refractivity contribution in [1.29, 1.82) is 0 Å². The van der Waals surface area contributed by atoms with E-state index in [1.165, 1.54) is 0 Å². The summed E-state index contributed by atoms with van der Waals surface area (Å²) in [5.74, 6) is 1.29. The van der Waals surface area contributed by atoms with Gasteiger partial charge in [-0.2, -0.15) is 0 Å². The van der Waals surface area contributed by atoms with Crippen molar-refractivity contribution in [3.8, 4) is 5.75 Å². The highest BCUT2D eigenvalue weighted by Crippen LogP contribution is 2.37. The zero-order valence-corrected chi connectivity index (χ0v) is 10.1. The summed E-state index contributed by atoms with van der Waals surface area (Å²) in [6.07, 6.45) is 3.99. The van der Waals surface area contributed by atoms with Crippen molar-refractivity contribution >= 4 is 16.7 Å². The van der Waals surface area contributed by atoms with E-state index < -0.39 is 0 Å². The van der Waals surface area contributed by atoms with Crippen molar-refractivity contribution in [2.75, 3.05) is 7.11 Å². The average molecular weight is 229 g/mol. The summed E-state index contributed by atoms with van der Waals surface area (Å²) in [6, 6.07) is 5.88. The molecule has 17 heavy (non-hydrogen) atoms. The van der Waals surface area contributed by atoms with Crippen LogP contribution in [-0.2, 0) is 7.05 Å². The summed E-state index contributed by atoms with van der Waals surface area (Å²) in [4.78, 5) is 12.2. The Balaban J connectivity index is 2.26. The minimum atomic E-state index is 0.241. The fraction of sp³-hybridized carbons (Fsp3) is 0.357. The van der Waals surface area contributed by atoms with E-state index in [0.717, 1.165) is 35.1 Å². The molecule has 0 N–H and O–H groups in total. The number of rotatable bonds is 3. The predicted molar refractivity (Wildman–Crippen MR) is 66.5 cm³/mol. The van der Waals surface area contributed by atoms with Gasteiger partial charge in [0.05, 0.1) is 18.0 Å². The number of nitrogens with zero attached hydrogens (tertiary/aromatic N) is 1. The van der Waals surface area contributed by atoms with E-state index in [0.29, 0.717) is 0 Å².